The Balaban J connectivity index is 1.79. The van der Waals surface area contributed by atoms with E-state index in [4.69, 9.17) is 4.74 Å². The van der Waals surface area contributed by atoms with Gasteiger partial charge >= 0.3 is 0 Å². The van der Waals surface area contributed by atoms with Crippen LogP contribution in [-0.4, -0.2) is 22.8 Å². The summed E-state index contributed by atoms with van der Waals surface area (Å²) in [5.41, 5.74) is 0.899. The molecule has 2 heterocycles. The molecule has 0 aromatic carbocycles. The molecular formula is C12H17NO2. The standard InChI is InChI=1S/C12H17NO2/c14-12(10-3-1-7-13-9-10)6-5-11-4-2-8-15-11/h1,3,7,9,11-12,14H,2,4-6,8H2. The minimum atomic E-state index is -0.400. The minimum absolute atomic E-state index is 0.358. The molecule has 1 aliphatic rings. The van der Waals surface area contributed by atoms with Crippen molar-refractivity contribution in [2.75, 3.05) is 6.61 Å². The Kier molecular flexibility index (Phi) is 3.69. The van der Waals surface area contributed by atoms with E-state index in [0.717, 1.165) is 37.9 Å². The van der Waals surface area contributed by atoms with Gasteiger partial charge in [-0.15, -0.1) is 0 Å². The van der Waals surface area contributed by atoms with Crippen molar-refractivity contribution >= 4 is 0 Å². The topological polar surface area (TPSA) is 42.4 Å². The van der Waals surface area contributed by atoms with E-state index in [0.29, 0.717) is 6.10 Å². The van der Waals surface area contributed by atoms with Gasteiger partial charge in [-0.2, -0.15) is 0 Å². The van der Waals surface area contributed by atoms with E-state index in [1.165, 1.54) is 0 Å². The summed E-state index contributed by atoms with van der Waals surface area (Å²) in [6.45, 7) is 0.883. The van der Waals surface area contributed by atoms with E-state index in [2.05, 4.69) is 4.98 Å². The molecule has 1 saturated heterocycles. The van der Waals surface area contributed by atoms with E-state index >= 15 is 0 Å². The van der Waals surface area contributed by atoms with Gasteiger partial charge in [0.05, 0.1) is 12.2 Å². The molecule has 1 fully saturated rings. The number of rotatable bonds is 4. The van der Waals surface area contributed by atoms with Crippen LogP contribution in [0, 0.1) is 0 Å². The Bertz CT molecular complexity index is 283. The van der Waals surface area contributed by atoms with Gasteiger partial charge in [-0.3, -0.25) is 4.98 Å². The molecule has 1 N–H and O–H groups in total. The largest absolute Gasteiger partial charge is 0.388 e. The number of hydrogen-bond donors (Lipinski definition) is 1. The SMILES string of the molecule is OC(CCC1CCCO1)c1cccnc1. The third kappa shape index (κ3) is 3.01. The number of nitrogens with zero attached hydrogens (tertiary/aromatic N) is 1. The molecule has 1 aromatic rings. The summed E-state index contributed by atoms with van der Waals surface area (Å²) in [4.78, 5) is 3.99. The number of aromatic nitrogens is 1. The Morgan fingerprint density at radius 1 is 1.60 bits per heavy atom. The van der Waals surface area contributed by atoms with Gasteiger partial charge in [-0.05, 0) is 37.3 Å². The Morgan fingerprint density at radius 3 is 3.20 bits per heavy atom. The lowest BCUT2D eigenvalue weighted by Gasteiger charge is -2.13. The lowest BCUT2D eigenvalue weighted by molar-refractivity contribution is 0.0811. The molecule has 0 spiro atoms. The highest BCUT2D eigenvalue weighted by molar-refractivity contribution is 5.11. The van der Waals surface area contributed by atoms with Crippen LogP contribution < -0.4 is 0 Å². The fourth-order valence-electron chi connectivity index (χ4n) is 1.96. The van der Waals surface area contributed by atoms with Crippen molar-refractivity contribution in [2.24, 2.45) is 0 Å². The number of pyridine rings is 1. The monoisotopic (exact) mass is 207 g/mol. The highest BCUT2D eigenvalue weighted by Gasteiger charge is 2.17. The second-order valence-corrected chi connectivity index (χ2v) is 4.01. The molecule has 2 rings (SSSR count). The molecule has 2 unspecified atom stereocenters. The van der Waals surface area contributed by atoms with E-state index in [1.54, 1.807) is 12.4 Å². The number of hydrogen-bond acceptors (Lipinski definition) is 3. The fraction of sp³-hybridized carbons (Fsp3) is 0.583. The third-order valence-electron chi connectivity index (χ3n) is 2.86. The van der Waals surface area contributed by atoms with Gasteiger partial charge < -0.3 is 9.84 Å². The van der Waals surface area contributed by atoms with Crippen molar-refractivity contribution in [2.45, 2.75) is 37.9 Å². The highest BCUT2D eigenvalue weighted by Crippen LogP contribution is 2.23. The van der Waals surface area contributed by atoms with Crippen molar-refractivity contribution in [3.8, 4) is 0 Å². The maximum Gasteiger partial charge on any atom is 0.0805 e. The average molecular weight is 207 g/mol. The summed E-state index contributed by atoms with van der Waals surface area (Å²) in [7, 11) is 0. The summed E-state index contributed by atoms with van der Waals surface area (Å²) >= 11 is 0. The second-order valence-electron chi connectivity index (χ2n) is 4.01. The number of aliphatic hydroxyl groups is 1. The van der Waals surface area contributed by atoms with Crippen molar-refractivity contribution in [3.05, 3.63) is 30.1 Å². The van der Waals surface area contributed by atoms with Gasteiger partial charge in [0.25, 0.3) is 0 Å². The van der Waals surface area contributed by atoms with Gasteiger partial charge in [0, 0.05) is 19.0 Å². The van der Waals surface area contributed by atoms with E-state index < -0.39 is 6.10 Å². The molecule has 0 bridgehead atoms. The molecular weight excluding hydrogens is 190 g/mol. The van der Waals surface area contributed by atoms with E-state index in [1.807, 2.05) is 12.1 Å². The molecule has 1 aliphatic heterocycles. The predicted octanol–water partition coefficient (Wildman–Crippen LogP) is 2.07. The summed E-state index contributed by atoms with van der Waals surface area (Å²) in [6, 6.07) is 3.76. The van der Waals surface area contributed by atoms with Crippen LogP contribution in [0.25, 0.3) is 0 Å². The van der Waals surface area contributed by atoms with Crippen LogP contribution in [0.1, 0.15) is 37.4 Å². The van der Waals surface area contributed by atoms with Crippen LogP contribution in [0.15, 0.2) is 24.5 Å². The molecule has 0 amide bonds. The Labute approximate surface area is 90.1 Å². The molecule has 2 atom stereocenters. The van der Waals surface area contributed by atoms with Gasteiger partial charge in [0.2, 0.25) is 0 Å². The summed E-state index contributed by atoms with van der Waals surface area (Å²) < 4.78 is 5.51. The van der Waals surface area contributed by atoms with Crippen LogP contribution in [0.5, 0.6) is 0 Å². The Hall–Kier alpha value is -0.930. The first-order chi connectivity index (χ1) is 7.36. The normalized spacial score (nSPS) is 22.9. The second kappa shape index (κ2) is 5.24. The lowest BCUT2D eigenvalue weighted by Crippen LogP contribution is -2.08. The quantitative estimate of drug-likeness (QED) is 0.821. The maximum atomic E-state index is 9.89. The minimum Gasteiger partial charge on any atom is -0.388 e. The zero-order chi connectivity index (χ0) is 10.5. The van der Waals surface area contributed by atoms with Crippen molar-refractivity contribution in [3.63, 3.8) is 0 Å². The van der Waals surface area contributed by atoms with Crippen molar-refractivity contribution < 1.29 is 9.84 Å². The van der Waals surface area contributed by atoms with Crippen LogP contribution >= 0.6 is 0 Å². The van der Waals surface area contributed by atoms with Gasteiger partial charge in [0.1, 0.15) is 0 Å². The maximum absolute atomic E-state index is 9.89. The fourth-order valence-corrected chi connectivity index (χ4v) is 1.96. The molecule has 3 heteroatoms. The zero-order valence-corrected chi connectivity index (χ0v) is 8.80. The zero-order valence-electron chi connectivity index (χ0n) is 8.80. The smallest absolute Gasteiger partial charge is 0.0805 e. The van der Waals surface area contributed by atoms with Crippen LogP contribution in [-0.2, 0) is 4.74 Å². The van der Waals surface area contributed by atoms with Gasteiger partial charge in [0.15, 0.2) is 0 Å². The van der Waals surface area contributed by atoms with Crippen molar-refractivity contribution in [1.29, 1.82) is 0 Å². The molecule has 15 heavy (non-hydrogen) atoms. The van der Waals surface area contributed by atoms with Crippen LogP contribution in [0.3, 0.4) is 0 Å². The summed E-state index contributed by atoms with van der Waals surface area (Å²) in [5.74, 6) is 0. The molecule has 3 nitrogen and oxygen atoms in total. The first-order valence-corrected chi connectivity index (χ1v) is 5.56. The lowest BCUT2D eigenvalue weighted by atomic mass is 10.0. The molecule has 0 saturated carbocycles. The van der Waals surface area contributed by atoms with Gasteiger partial charge in [-0.1, -0.05) is 6.07 Å². The first-order valence-electron chi connectivity index (χ1n) is 5.56. The molecule has 0 radical (unpaired) electrons. The molecule has 0 aliphatic carbocycles. The van der Waals surface area contributed by atoms with Crippen LogP contribution in [0.2, 0.25) is 0 Å². The van der Waals surface area contributed by atoms with E-state index in [-0.39, 0.29) is 0 Å². The summed E-state index contributed by atoms with van der Waals surface area (Å²) in [6.07, 6.45) is 7.40. The molecule has 1 aromatic heterocycles. The number of ether oxygens (including phenoxy) is 1. The predicted molar refractivity (Wildman–Crippen MR) is 57.4 cm³/mol. The highest BCUT2D eigenvalue weighted by atomic mass is 16.5. The van der Waals surface area contributed by atoms with Gasteiger partial charge in [-0.25, -0.2) is 0 Å². The molecule has 82 valence electrons. The average Bonchev–Trinajstić information content (AvgIpc) is 2.80. The Morgan fingerprint density at radius 2 is 2.53 bits per heavy atom. The van der Waals surface area contributed by atoms with E-state index in [9.17, 15) is 5.11 Å². The third-order valence-corrected chi connectivity index (χ3v) is 2.86. The number of aliphatic hydroxyl groups excluding tert-OH is 1. The van der Waals surface area contributed by atoms with Crippen molar-refractivity contribution in [1.82, 2.24) is 4.98 Å². The van der Waals surface area contributed by atoms with Crippen LogP contribution in [0.4, 0.5) is 0 Å². The first kappa shape index (κ1) is 10.6. The summed E-state index contributed by atoms with van der Waals surface area (Å²) in [5, 5.41) is 9.89.